The van der Waals surface area contributed by atoms with Gasteiger partial charge in [-0.2, -0.15) is 5.10 Å². The summed E-state index contributed by atoms with van der Waals surface area (Å²) in [6.07, 6.45) is 5.94. The van der Waals surface area contributed by atoms with Crippen LogP contribution in [0.5, 0.6) is 11.5 Å². The Morgan fingerprint density at radius 1 is 1.02 bits per heavy atom. The summed E-state index contributed by atoms with van der Waals surface area (Å²) < 4.78 is 20.5. The predicted octanol–water partition coefficient (Wildman–Crippen LogP) is 6.76. The number of benzene rings is 1. The second-order valence-corrected chi connectivity index (χ2v) is 19.5. The van der Waals surface area contributed by atoms with E-state index in [9.17, 15) is 24.3 Å². The molecule has 7 rings (SSSR count). The smallest absolute Gasteiger partial charge is 0.310 e. The maximum absolute atomic E-state index is 14.8. The van der Waals surface area contributed by atoms with E-state index in [4.69, 9.17) is 24.3 Å². The standard InChI is InChI=1S/C46H63N5O8/c1-9-30-24-46(30,44(55)56)25-39(52)38-21-34(26-50(38)43(54)36(45(4,5)6)22-42(53)59-33-18-28-17-29(28)19-33)58-40-23-41(51-13-12-31(48-51)16-27(2)3)47-37-20-32(10-11-35(37)40)57-15-14-49(7)8/h10-13,20,23,27-30,33-34,36,38H,9,14-19,21-22,24-26H2,1-8H3,(H,55,56)/t28-,29+,30-,33?,34-,36-,38+,46-/m1/s1. The summed E-state index contributed by atoms with van der Waals surface area (Å²) in [7, 11) is 3.98. The summed E-state index contributed by atoms with van der Waals surface area (Å²) in [5, 5.41) is 15.8. The molecule has 2 aromatic heterocycles. The second-order valence-electron chi connectivity index (χ2n) is 19.5. The normalized spacial score (nSPS) is 26.6. The molecule has 1 unspecified atom stereocenters. The summed E-state index contributed by atoms with van der Waals surface area (Å²) in [4.78, 5) is 63.8. The zero-order chi connectivity index (χ0) is 42.4. The molecule has 13 nitrogen and oxygen atoms in total. The lowest BCUT2D eigenvalue weighted by atomic mass is 9.77. The quantitative estimate of drug-likeness (QED) is 0.136. The average molecular weight is 814 g/mol. The number of aromatic nitrogens is 3. The van der Waals surface area contributed by atoms with Crippen LogP contribution in [0.15, 0.2) is 36.5 Å². The molecule has 13 heteroatoms. The van der Waals surface area contributed by atoms with Crippen molar-refractivity contribution in [3.63, 3.8) is 0 Å². The number of hydrogen-bond donors (Lipinski definition) is 1. The highest BCUT2D eigenvalue weighted by atomic mass is 16.5. The van der Waals surface area contributed by atoms with Crippen molar-refractivity contribution in [2.24, 2.45) is 40.4 Å². The van der Waals surface area contributed by atoms with Gasteiger partial charge >= 0.3 is 11.9 Å². The molecule has 1 saturated heterocycles. The highest BCUT2D eigenvalue weighted by Crippen LogP contribution is 2.58. The number of ketones is 1. The van der Waals surface area contributed by atoms with Crippen LogP contribution in [0.25, 0.3) is 16.7 Å². The van der Waals surface area contributed by atoms with Crippen molar-refractivity contribution >= 4 is 34.5 Å². The lowest BCUT2D eigenvalue weighted by Crippen LogP contribution is -2.48. The first-order valence-electron chi connectivity index (χ1n) is 21.6. The largest absolute Gasteiger partial charge is 0.492 e. The van der Waals surface area contributed by atoms with E-state index in [1.165, 1.54) is 6.42 Å². The Hall–Kier alpha value is -4.52. The van der Waals surface area contributed by atoms with Crippen LogP contribution in [0.2, 0.25) is 0 Å². The van der Waals surface area contributed by atoms with Crippen molar-refractivity contribution in [1.29, 1.82) is 0 Å². The number of likely N-dealkylation sites (N-methyl/N-ethyl adjacent to an activating group) is 1. The summed E-state index contributed by atoms with van der Waals surface area (Å²) >= 11 is 0. The number of aliphatic carboxylic acids is 1. The van der Waals surface area contributed by atoms with Gasteiger partial charge in [0.05, 0.1) is 41.6 Å². The van der Waals surface area contributed by atoms with E-state index >= 15 is 0 Å². The van der Waals surface area contributed by atoms with Gasteiger partial charge in [-0.25, -0.2) is 9.67 Å². The summed E-state index contributed by atoms with van der Waals surface area (Å²) in [6.45, 7) is 13.3. The summed E-state index contributed by atoms with van der Waals surface area (Å²) in [5.74, 6) is 0.574. The van der Waals surface area contributed by atoms with Crippen LogP contribution < -0.4 is 9.47 Å². The summed E-state index contributed by atoms with van der Waals surface area (Å²) in [6, 6.07) is 8.56. The number of fused-ring (bicyclic) bond motifs is 2. The predicted molar refractivity (Wildman–Crippen MR) is 222 cm³/mol. The molecule has 3 aromatic rings. The topological polar surface area (TPSA) is 153 Å². The number of Topliss-reactive ketones (excluding diaryl/α,β-unsaturated/α-hetero) is 1. The van der Waals surface area contributed by atoms with Gasteiger partial charge in [0.15, 0.2) is 11.6 Å². The first-order valence-corrected chi connectivity index (χ1v) is 21.6. The van der Waals surface area contributed by atoms with Gasteiger partial charge < -0.3 is 29.1 Å². The fourth-order valence-corrected chi connectivity index (χ4v) is 9.46. The van der Waals surface area contributed by atoms with Crippen LogP contribution in [-0.4, -0.2) is 105 Å². The number of nitrogens with zero attached hydrogens (tertiary/aromatic N) is 5. The molecule has 4 aliphatic rings. The number of pyridine rings is 1. The minimum Gasteiger partial charge on any atom is -0.492 e. The van der Waals surface area contributed by atoms with E-state index < -0.39 is 40.8 Å². The summed E-state index contributed by atoms with van der Waals surface area (Å²) in [5.41, 5.74) is -0.190. The number of esters is 1. The van der Waals surface area contributed by atoms with Crippen molar-refractivity contribution < 1.29 is 38.5 Å². The number of hydrogen-bond acceptors (Lipinski definition) is 10. The number of carbonyl (C=O) groups is 4. The maximum atomic E-state index is 14.8. The Labute approximate surface area is 348 Å². The first-order chi connectivity index (χ1) is 27.9. The molecule has 1 aromatic carbocycles. The first kappa shape index (κ1) is 42.6. The third-order valence-electron chi connectivity index (χ3n) is 13.1. The fraction of sp³-hybridized carbons (Fsp3) is 0.652. The zero-order valence-electron chi connectivity index (χ0n) is 36.1. The number of carboxylic acid groups (broad SMARTS) is 1. The number of likely N-dealkylation sites (tertiary alicyclic amines) is 1. The van der Waals surface area contributed by atoms with Gasteiger partial charge in [-0.15, -0.1) is 0 Å². The van der Waals surface area contributed by atoms with Crippen LogP contribution in [0.4, 0.5) is 0 Å². The minimum atomic E-state index is -1.13. The monoisotopic (exact) mass is 813 g/mol. The Balaban J connectivity index is 1.19. The van der Waals surface area contributed by atoms with Crippen LogP contribution in [-0.2, 0) is 30.3 Å². The van der Waals surface area contributed by atoms with E-state index in [-0.39, 0.29) is 49.5 Å². The van der Waals surface area contributed by atoms with Gasteiger partial charge in [0.2, 0.25) is 5.91 Å². The molecule has 4 fully saturated rings. The molecule has 1 amide bonds. The number of amides is 1. The Kier molecular flexibility index (Phi) is 12.2. The fourth-order valence-electron chi connectivity index (χ4n) is 9.46. The Bertz CT molecular complexity index is 2050. The molecule has 3 heterocycles. The van der Waals surface area contributed by atoms with Crippen molar-refractivity contribution in [1.82, 2.24) is 24.6 Å². The average Bonchev–Trinajstić information content (AvgIpc) is 3.83. The third kappa shape index (κ3) is 9.60. The molecular formula is C46H63N5O8. The lowest BCUT2D eigenvalue weighted by Gasteiger charge is -2.35. The minimum absolute atomic E-state index is 0.0886. The molecule has 59 heavy (non-hydrogen) atoms. The van der Waals surface area contributed by atoms with Gasteiger partial charge in [0.1, 0.15) is 30.3 Å². The van der Waals surface area contributed by atoms with Gasteiger partial charge in [-0.05, 0) is 93.5 Å². The molecule has 8 atom stereocenters. The van der Waals surface area contributed by atoms with Crippen LogP contribution in [0.3, 0.4) is 0 Å². The van der Waals surface area contributed by atoms with Crippen molar-refractivity contribution in [3.8, 4) is 17.3 Å². The maximum Gasteiger partial charge on any atom is 0.310 e. The number of rotatable bonds is 18. The van der Waals surface area contributed by atoms with E-state index in [1.54, 1.807) is 9.58 Å². The second kappa shape index (κ2) is 16.9. The highest BCUT2D eigenvalue weighted by Gasteiger charge is 2.61. The molecule has 0 spiro atoms. The van der Waals surface area contributed by atoms with E-state index in [0.717, 1.165) is 36.9 Å². The van der Waals surface area contributed by atoms with Crippen LogP contribution >= 0.6 is 0 Å². The van der Waals surface area contributed by atoms with E-state index in [1.807, 2.05) is 83.2 Å². The van der Waals surface area contributed by atoms with Crippen molar-refractivity contribution in [2.75, 3.05) is 33.8 Å². The van der Waals surface area contributed by atoms with Crippen LogP contribution in [0.1, 0.15) is 98.6 Å². The van der Waals surface area contributed by atoms with E-state index in [0.29, 0.717) is 60.0 Å². The van der Waals surface area contributed by atoms with Crippen LogP contribution in [0, 0.1) is 40.4 Å². The Morgan fingerprint density at radius 2 is 1.76 bits per heavy atom. The number of ether oxygens (including phenoxy) is 3. The molecule has 3 aliphatic carbocycles. The highest BCUT2D eigenvalue weighted by molar-refractivity contribution is 5.95. The van der Waals surface area contributed by atoms with Crippen molar-refractivity contribution in [2.45, 2.75) is 118 Å². The SMILES string of the molecule is CC[C@@H]1C[C@]1(CC(=O)[C@@H]1C[C@@H](Oc2cc(-n3ccc(CC(C)C)n3)nc3cc(OCCN(C)C)ccc23)CN1C(=O)[C@@H](CC(=O)OC1C[C@@H]2C[C@@H]2C1)C(C)(C)C)C(=O)O. The third-order valence-corrected chi connectivity index (χ3v) is 13.1. The number of carboxylic acids is 1. The molecule has 0 bridgehead atoms. The molecule has 3 saturated carbocycles. The molecule has 1 N–H and O–H groups in total. The van der Waals surface area contributed by atoms with E-state index in [2.05, 4.69) is 13.8 Å². The molecule has 1 aliphatic heterocycles. The molecular weight excluding hydrogens is 751 g/mol. The van der Waals surface area contributed by atoms with Gasteiger partial charge in [-0.3, -0.25) is 19.2 Å². The Morgan fingerprint density at radius 3 is 2.41 bits per heavy atom. The lowest BCUT2D eigenvalue weighted by molar-refractivity contribution is -0.157. The van der Waals surface area contributed by atoms with Gasteiger partial charge in [0, 0.05) is 43.1 Å². The molecule has 320 valence electrons. The van der Waals surface area contributed by atoms with Gasteiger partial charge in [-0.1, -0.05) is 48.0 Å². The number of carbonyl (C=O) groups excluding carboxylic acids is 3. The zero-order valence-corrected chi connectivity index (χ0v) is 36.1. The van der Waals surface area contributed by atoms with Gasteiger partial charge in [0.25, 0.3) is 0 Å². The van der Waals surface area contributed by atoms with Crippen molar-refractivity contribution in [3.05, 3.63) is 42.2 Å². The molecule has 0 radical (unpaired) electrons.